The second-order valence-electron chi connectivity index (χ2n) is 6.53. The maximum atomic E-state index is 12.8. The summed E-state index contributed by atoms with van der Waals surface area (Å²) in [6.45, 7) is 8.58. The van der Waals surface area contributed by atoms with Crippen LogP contribution in [0.4, 0.5) is 0 Å². The number of hydrogen-bond acceptors (Lipinski definition) is 4. The van der Waals surface area contributed by atoms with Gasteiger partial charge in [0.05, 0.1) is 31.1 Å². The number of ether oxygens (including phenoxy) is 1. The number of aryl methyl sites for hydroxylation is 2. The van der Waals surface area contributed by atoms with Gasteiger partial charge in [0.1, 0.15) is 5.82 Å². The first kappa shape index (κ1) is 16.7. The van der Waals surface area contributed by atoms with Crippen LogP contribution in [0.2, 0.25) is 0 Å². The second-order valence-corrected chi connectivity index (χ2v) is 6.53. The molecule has 1 aliphatic rings. The summed E-state index contributed by atoms with van der Waals surface area (Å²) in [4.78, 5) is 19.1. The van der Waals surface area contributed by atoms with E-state index in [1.54, 1.807) is 12.4 Å². The molecule has 0 radical (unpaired) electrons. The Hall–Kier alpha value is -2.15. The largest absolute Gasteiger partial charge is 0.377 e. The number of aromatic amines is 1. The van der Waals surface area contributed by atoms with Gasteiger partial charge in [-0.1, -0.05) is 13.8 Å². The van der Waals surface area contributed by atoms with E-state index in [0.717, 1.165) is 17.1 Å². The van der Waals surface area contributed by atoms with Crippen molar-refractivity contribution in [2.45, 2.75) is 45.7 Å². The molecule has 0 bridgehead atoms. The first-order chi connectivity index (χ1) is 11.6. The summed E-state index contributed by atoms with van der Waals surface area (Å²) in [7, 11) is 0. The van der Waals surface area contributed by atoms with Gasteiger partial charge in [-0.05, 0) is 12.5 Å². The lowest BCUT2D eigenvalue weighted by molar-refractivity contribution is -0.140. The van der Waals surface area contributed by atoms with Crippen molar-refractivity contribution in [3.05, 3.63) is 35.7 Å². The maximum Gasteiger partial charge on any atom is 0.225 e. The molecule has 2 aromatic heterocycles. The Morgan fingerprint density at radius 2 is 2.33 bits per heavy atom. The third-order valence-corrected chi connectivity index (χ3v) is 4.48. The molecule has 7 heteroatoms. The van der Waals surface area contributed by atoms with Crippen molar-refractivity contribution in [2.24, 2.45) is 0 Å². The average molecular weight is 331 g/mol. The van der Waals surface area contributed by atoms with Crippen LogP contribution in [-0.2, 0) is 16.1 Å². The maximum absolute atomic E-state index is 12.8. The van der Waals surface area contributed by atoms with Crippen molar-refractivity contribution < 1.29 is 9.53 Å². The van der Waals surface area contributed by atoms with Crippen LogP contribution in [-0.4, -0.2) is 50.3 Å². The molecule has 2 aromatic rings. The summed E-state index contributed by atoms with van der Waals surface area (Å²) in [6, 6.07) is -0.0823. The molecule has 1 aliphatic heterocycles. The number of amides is 1. The Labute approximate surface area is 142 Å². The van der Waals surface area contributed by atoms with Crippen molar-refractivity contribution in [3.8, 4) is 0 Å². The van der Waals surface area contributed by atoms with Crippen molar-refractivity contribution in [3.63, 3.8) is 0 Å². The molecule has 24 heavy (non-hydrogen) atoms. The highest BCUT2D eigenvalue weighted by atomic mass is 16.5. The lowest BCUT2D eigenvalue weighted by Crippen LogP contribution is -2.44. The third-order valence-electron chi connectivity index (χ3n) is 4.48. The van der Waals surface area contributed by atoms with Gasteiger partial charge < -0.3 is 14.2 Å². The summed E-state index contributed by atoms with van der Waals surface area (Å²) in [5, 5.41) is 7.09. The first-order valence-corrected chi connectivity index (χ1v) is 8.46. The van der Waals surface area contributed by atoms with Gasteiger partial charge in [-0.3, -0.25) is 9.89 Å². The van der Waals surface area contributed by atoms with Gasteiger partial charge in [-0.25, -0.2) is 4.98 Å². The van der Waals surface area contributed by atoms with Crippen molar-refractivity contribution >= 4 is 5.91 Å². The number of rotatable bonds is 5. The number of carbonyl (C=O) groups is 1. The normalized spacial score (nSPS) is 18.3. The van der Waals surface area contributed by atoms with E-state index in [1.807, 2.05) is 18.0 Å². The molecule has 1 saturated heterocycles. The van der Waals surface area contributed by atoms with Gasteiger partial charge in [-0.15, -0.1) is 0 Å². The zero-order chi connectivity index (χ0) is 17.1. The molecule has 1 amide bonds. The van der Waals surface area contributed by atoms with Crippen molar-refractivity contribution in [1.82, 2.24) is 24.6 Å². The molecule has 3 rings (SSSR count). The van der Waals surface area contributed by atoms with Gasteiger partial charge in [-0.2, -0.15) is 5.10 Å². The fourth-order valence-corrected chi connectivity index (χ4v) is 3.21. The highest BCUT2D eigenvalue weighted by molar-refractivity contribution is 5.76. The molecular weight excluding hydrogens is 306 g/mol. The van der Waals surface area contributed by atoms with E-state index in [9.17, 15) is 4.79 Å². The molecule has 0 aliphatic carbocycles. The molecule has 7 nitrogen and oxygen atoms in total. The number of nitrogens with zero attached hydrogens (tertiary/aromatic N) is 4. The molecular formula is C17H25N5O2. The minimum atomic E-state index is -0.0823. The summed E-state index contributed by atoms with van der Waals surface area (Å²) in [5.74, 6) is 1.50. The van der Waals surface area contributed by atoms with Crippen LogP contribution < -0.4 is 0 Å². The molecule has 1 atom stereocenters. The minimum Gasteiger partial charge on any atom is -0.377 e. The molecule has 0 spiro atoms. The number of hydrogen-bond donors (Lipinski definition) is 1. The van der Waals surface area contributed by atoms with Crippen molar-refractivity contribution in [1.29, 1.82) is 0 Å². The van der Waals surface area contributed by atoms with Gasteiger partial charge in [0, 0.05) is 37.8 Å². The molecule has 0 aromatic carbocycles. The predicted octanol–water partition coefficient (Wildman–Crippen LogP) is 2.03. The fraction of sp³-hybridized carbons (Fsp3) is 0.588. The van der Waals surface area contributed by atoms with E-state index in [1.165, 1.54) is 0 Å². The van der Waals surface area contributed by atoms with E-state index in [2.05, 4.69) is 33.6 Å². The fourth-order valence-electron chi connectivity index (χ4n) is 3.21. The van der Waals surface area contributed by atoms with Gasteiger partial charge in [0.25, 0.3) is 0 Å². The van der Waals surface area contributed by atoms with Gasteiger partial charge in [0.2, 0.25) is 5.91 Å². The number of morpholine rings is 1. The van der Waals surface area contributed by atoms with Crippen LogP contribution in [0.5, 0.6) is 0 Å². The zero-order valence-electron chi connectivity index (χ0n) is 14.5. The number of carbonyl (C=O) groups excluding carboxylic acids is 1. The number of imidazole rings is 1. The van der Waals surface area contributed by atoms with E-state index < -0.39 is 0 Å². The Balaban J connectivity index is 1.68. The summed E-state index contributed by atoms with van der Waals surface area (Å²) in [5.41, 5.74) is 2.02. The molecule has 3 heterocycles. The Bertz CT molecular complexity index is 691. The van der Waals surface area contributed by atoms with Gasteiger partial charge in [0.15, 0.2) is 0 Å². The smallest absolute Gasteiger partial charge is 0.225 e. The zero-order valence-corrected chi connectivity index (χ0v) is 14.5. The average Bonchev–Trinajstić information content (AvgIpc) is 3.21. The molecule has 0 unspecified atom stereocenters. The van der Waals surface area contributed by atoms with E-state index in [-0.39, 0.29) is 11.9 Å². The molecule has 0 saturated carbocycles. The molecule has 1 fully saturated rings. The third kappa shape index (κ3) is 3.36. The summed E-state index contributed by atoms with van der Waals surface area (Å²) < 4.78 is 7.65. The van der Waals surface area contributed by atoms with Crippen LogP contribution >= 0.6 is 0 Å². The number of H-pyrrole nitrogens is 1. The second kappa shape index (κ2) is 7.17. The lowest BCUT2D eigenvalue weighted by atomic mass is 10.1. The Morgan fingerprint density at radius 3 is 3.04 bits per heavy atom. The van der Waals surface area contributed by atoms with E-state index in [4.69, 9.17) is 4.74 Å². The highest BCUT2D eigenvalue weighted by Gasteiger charge is 2.30. The minimum absolute atomic E-state index is 0.0823. The quantitative estimate of drug-likeness (QED) is 0.909. The van der Waals surface area contributed by atoms with Crippen LogP contribution in [0.1, 0.15) is 49.3 Å². The Kier molecular flexibility index (Phi) is 4.99. The standard InChI is InChI=1S/C17H25N5O2/c1-12(2)17-18-5-7-21(17)6-4-15(23)22-8-9-24-11-14(22)16-13(3)10-19-20-16/h5,7,10,12,14H,4,6,8-9,11H2,1-3H3,(H,19,20)/t14-/m0/s1. The first-order valence-electron chi connectivity index (χ1n) is 8.46. The lowest BCUT2D eigenvalue weighted by Gasteiger charge is -2.35. The van der Waals surface area contributed by atoms with Crippen LogP contribution in [0.15, 0.2) is 18.6 Å². The molecule has 130 valence electrons. The van der Waals surface area contributed by atoms with Crippen LogP contribution in [0, 0.1) is 6.92 Å². The Morgan fingerprint density at radius 1 is 1.50 bits per heavy atom. The topological polar surface area (TPSA) is 76.0 Å². The SMILES string of the molecule is Cc1cn[nH]c1[C@@H]1COCCN1C(=O)CCn1ccnc1C(C)C. The number of nitrogens with one attached hydrogen (secondary N) is 1. The number of aromatic nitrogens is 4. The van der Waals surface area contributed by atoms with E-state index in [0.29, 0.717) is 38.6 Å². The monoisotopic (exact) mass is 331 g/mol. The van der Waals surface area contributed by atoms with Gasteiger partial charge >= 0.3 is 0 Å². The molecule has 1 N–H and O–H groups in total. The van der Waals surface area contributed by atoms with Crippen molar-refractivity contribution in [2.75, 3.05) is 19.8 Å². The van der Waals surface area contributed by atoms with E-state index >= 15 is 0 Å². The predicted molar refractivity (Wildman–Crippen MR) is 89.5 cm³/mol. The summed E-state index contributed by atoms with van der Waals surface area (Å²) >= 11 is 0. The van der Waals surface area contributed by atoms with Crippen LogP contribution in [0.3, 0.4) is 0 Å². The summed E-state index contributed by atoms with van der Waals surface area (Å²) in [6.07, 6.45) is 5.98. The highest BCUT2D eigenvalue weighted by Crippen LogP contribution is 2.25. The van der Waals surface area contributed by atoms with Crippen LogP contribution in [0.25, 0.3) is 0 Å².